The third-order valence-electron chi connectivity index (χ3n) is 9.72. The van der Waals surface area contributed by atoms with Gasteiger partial charge in [-0.1, -0.05) is 35.9 Å². The maximum atomic E-state index is 13.3. The summed E-state index contributed by atoms with van der Waals surface area (Å²) in [6.07, 6.45) is 2.08. The van der Waals surface area contributed by atoms with Crippen LogP contribution < -0.4 is 30.9 Å². The summed E-state index contributed by atoms with van der Waals surface area (Å²) in [5.41, 5.74) is 5.04. The number of hydrogen-bond acceptors (Lipinski definition) is 11. The number of carbonyl (C=O) groups excluding carboxylic acids is 3. The summed E-state index contributed by atoms with van der Waals surface area (Å²) in [4.78, 5) is 52.7. The first-order valence-corrected chi connectivity index (χ1v) is 20.1. The van der Waals surface area contributed by atoms with Crippen molar-refractivity contribution in [1.29, 1.82) is 0 Å². The van der Waals surface area contributed by atoms with Gasteiger partial charge in [-0.2, -0.15) is 4.98 Å². The van der Waals surface area contributed by atoms with Gasteiger partial charge in [-0.25, -0.2) is 4.98 Å². The molecule has 0 radical (unpaired) electrons. The summed E-state index contributed by atoms with van der Waals surface area (Å²) >= 11 is 6.46. The van der Waals surface area contributed by atoms with E-state index in [1.54, 1.807) is 25.3 Å². The van der Waals surface area contributed by atoms with Crippen molar-refractivity contribution in [2.45, 2.75) is 32.0 Å². The van der Waals surface area contributed by atoms with E-state index < -0.39 is 19.1 Å². The molecule has 3 aliphatic heterocycles. The maximum absolute atomic E-state index is 13.3. The average molecular weight is 743 g/mol. The number of imide groups is 1. The summed E-state index contributed by atoms with van der Waals surface area (Å²) in [6.45, 7) is 7.73. The lowest BCUT2D eigenvalue weighted by molar-refractivity contribution is -0.136. The molecule has 0 aliphatic carbocycles. The second-order valence-electron chi connectivity index (χ2n) is 13.5. The molecule has 0 saturated carbocycles. The SMILES string of the molecule is COc1cc(N2CCN(Cc3cccc4c3CN(C3CCC(=O)NC3=O)C4=O)CC2)ccc1Nc1ncc(Cl)c(Nc2ccccc2P(C)(C)=O)n1. The standard InChI is InChI=1S/C37H40ClN8O5P/c1-51-31-19-24(11-12-28(31)41-37-39-20-27(38)34(43-37)40-29-9-4-5-10-32(29)52(2,3)50)45-17-15-44(16-18-45)21-23-7-6-8-25-26(23)22-46(36(25)49)30-13-14-33(47)42-35(30)48/h4-12,19-20,30H,13-18,21-22H2,1-3H3,(H,42,47,48)(H2,39,40,41,43). The van der Waals surface area contributed by atoms with Crippen molar-refractivity contribution in [3.8, 4) is 5.75 Å². The van der Waals surface area contributed by atoms with Crippen LogP contribution in [-0.2, 0) is 27.2 Å². The fourth-order valence-corrected chi connectivity index (χ4v) is 8.29. The molecule has 3 amide bonds. The van der Waals surface area contributed by atoms with Crippen LogP contribution in [0.25, 0.3) is 0 Å². The fourth-order valence-electron chi connectivity index (χ4n) is 6.99. The number of amides is 3. The largest absolute Gasteiger partial charge is 0.494 e. The molecular formula is C37H40ClN8O5P. The topological polar surface area (TPSA) is 149 Å². The van der Waals surface area contributed by atoms with Gasteiger partial charge in [0.2, 0.25) is 17.8 Å². The summed E-state index contributed by atoms with van der Waals surface area (Å²) in [6, 6.07) is 18.5. The monoisotopic (exact) mass is 742 g/mol. The molecule has 52 heavy (non-hydrogen) atoms. The molecular weight excluding hydrogens is 703 g/mol. The highest BCUT2D eigenvalue weighted by Gasteiger charge is 2.40. The van der Waals surface area contributed by atoms with E-state index in [0.29, 0.717) is 64.3 Å². The first-order chi connectivity index (χ1) is 25.0. The Hall–Kier alpha value is -4.97. The summed E-state index contributed by atoms with van der Waals surface area (Å²) in [7, 11) is -0.938. The minimum absolute atomic E-state index is 0.158. The van der Waals surface area contributed by atoms with Crippen LogP contribution in [0.1, 0.15) is 34.3 Å². The summed E-state index contributed by atoms with van der Waals surface area (Å²) in [5.74, 6) is 0.468. The molecule has 15 heteroatoms. The number of piperazine rings is 1. The fraction of sp³-hybridized carbons (Fsp3) is 0.324. The van der Waals surface area contributed by atoms with Crippen LogP contribution in [0.4, 0.5) is 28.8 Å². The average Bonchev–Trinajstić information content (AvgIpc) is 3.46. The smallest absolute Gasteiger partial charge is 0.255 e. The second kappa shape index (κ2) is 14.6. The number of benzene rings is 3. The van der Waals surface area contributed by atoms with E-state index in [4.69, 9.17) is 16.3 Å². The van der Waals surface area contributed by atoms with E-state index in [9.17, 15) is 18.9 Å². The van der Waals surface area contributed by atoms with Crippen molar-refractivity contribution in [2.24, 2.45) is 0 Å². The minimum Gasteiger partial charge on any atom is -0.494 e. The number of rotatable bonds is 10. The third kappa shape index (κ3) is 7.34. The van der Waals surface area contributed by atoms with Gasteiger partial charge in [-0.05, 0) is 61.2 Å². The van der Waals surface area contributed by atoms with Crippen LogP contribution >= 0.6 is 18.7 Å². The van der Waals surface area contributed by atoms with E-state index in [1.165, 1.54) is 6.20 Å². The molecule has 1 atom stereocenters. The number of piperidine rings is 1. The number of halogens is 1. The number of fused-ring (bicyclic) bond motifs is 1. The molecule has 3 N–H and O–H groups in total. The van der Waals surface area contributed by atoms with Crippen molar-refractivity contribution in [3.63, 3.8) is 0 Å². The zero-order valence-electron chi connectivity index (χ0n) is 29.2. The van der Waals surface area contributed by atoms with Crippen molar-refractivity contribution >= 4 is 70.6 Å². The van der Waals surface area contributed by atoms with E-state index in [0.717, 1.165) is 43.0 Å². The zero-order chi connectivity index (χ0) is 36.6. The Labute approximate surface area is 307 Å². The van der Waals surface area contributed by atoms with Crippen LogP contribution in [-0.4, -0.2) is 90.1 Å². The van der Waals surface area contributed by atoms with Crippen LogP contribution in [0.2, 0.25) is 5.02 Å². The molecule has 1 unspecified atom stereocenters. The number of carbonyl (C=O) groups is 3. The Kier molecular flexibility index (Phi) is 9.93. The molecule has 1 aromatic heterocycles. The van der Waals surface area contributed by atoms with Gasteiger partial charge >= 0.3 is 0 Å². The molecule has 2 saturated heterocycles. The van der Waals surface area contributed by atoms with Gasteiger partial charge in [0.1, 0.15) is 24.0 Å². The first kappa shape index (κ1) is 35.4. The van der Waals surface area contributed by atoms with Gasteiger partial charge in [0.15, 0.2) is 5.82 Å². The Morgan fingerprint density at radius 2 is 1.77 bits per heavy atom. The zero-order valence-corrected chi connectivity index (χ0v) is 30.8. The predicted molar refractivity (Wildman–Crippen MR) is 202 cm³/mol. The number of nitrogens with one attached hydrogen (secondary N) is 3. The van der Waals surface area contributed by atoms with E-state index >= 15 is 0 Å². The van der Waals surface area contributed by atoms with Crippen LogP contribution in [0.5, 0.6) is 5.75 Å². The number of para-hydroxylation sites is 1. The molecule has 0 bridgehead atoms. The number of hydrogen-bond donors (Lipinski definition) is 3. The van der Waals surface area contributed by atoms with Gasteiger partial charge in [0, 0.05) is 68.3 Å². The van der Waals surface area contributed by atoms with Crippen LogP contribution in [0.15, 0.2) is 66.9 Å². The van der Waals surface area contributed by atoms with Crippen molar-refractivity contribution in [2.75, 3.05) is 62.2 Å². The molecule has 7 rings (SSSR count). The normalized spacial score (nSPS) is 17.9. The lowest BCUT2D eigenvalue weighted by atomic mass is 10.0. The highest BCUT2D eigenvalue weighted by Crippen LogP contribution is 2.39. The number of anilines is 5. The molecule has 3 aliphatic rings. The van der Waals surface area contributed by atoms with Crippen molar-refractivity contribution < 1.29 is 23.7 Å². The van der Waals surface area contributed by atoms with E-state index in [-0.39, 0.29) is 18.2 Å². The number of aromatic nitrogens is 2. The van der Waals surface area contributed by atoms with Crippen LogP contribution in [0, 0.1) is 0 Å². The summed E-state index contributed by atoms with van der Waals surface area (Å²) < 4.78 is 18.6. The predicted octanol–water partition coefficient (Wildman–Crippen LogP) is 4.96. The molecule has 270 valence electrons. The van der Waals surface area contributed by atoms with Gasteiger partial charge in [-0.3, -0.25) is 24.6 Å². The Morgan fingerprint density at radius 1 is 0.981 bits per heavy atom. The van der Waals surface area contributed by atoms with Gasteiger partial charge in [-0.15, -0.1) is 0 Å². The van der Waals surface area contributed by atoms with Gasteiger partial charge < -0.3 is 29.7 Å². The number of methoxy groups -OCH3 is 1. The molecule has 2 fully saturated rings. The molecule has 4 heterocycles. The molecule has 4 aromatic rings. The Bertz CT molecular complexity index is 2100. The quantitative estimate of drug-likeness (QED) is 0.150. The molecule has 0 spiro atoms. The van der Waals surface area contributed by atoms with E-state index in [1.807, 2.05) is 54.6 Å². The Balaban J connectivity index is 0.990. The molecule has 13 nitrogen and oxygen atoms in total. The minimum atomic E-state index is -2.56. The van der Waals surface area contributed by atoms with Crippen LogP contribution in [0.3, 0.4) is 0 Å². The van der Waals surface area contributed by atoms with Crippen molar-refractivity contribution in [3.05, 3.63) is 88.6 Å². The third-order valence-corrected chi connectivity index (χ3v) is 11.6. The highest BCUT2D eigenvalue weighted by atomic mass is 35.5. The maximum Gasteiger partial charge on any atom is 0.255 e. The second-order valence-corrected chi connectivity index (χ2v) is 17.1. The highest BCUT2D eigenvalue weighted by molar-refractivity contribution is 7.70. The lowest BCUT2D eigenvalue weighted by Gasteiger charge is -2.36. The summed E-state index contributed by atoms with van der Waals surface area (Å²) in [5, 5.41) is 9.87. The van der Waals surface area contributed by atoms with Gasteiger partial charge in [0.05, 0.1) is 24.7 Å². The number of nitrogens with zero attached hydrogens (tertiary/aromatic N) is 5. The molecule has 3 aromatic carbocycles. The number of ether oxygens (including phenoxy) is 1. The van der Waals surface area contributed by atoms with Gasteiger partial charge in [0.25, 0.3) is 5.91 Å². The lowest BCUT2D eigenvalue weighted by Crippen LogP contribution is -2.52. The van der Waals surface area contributed by atoms with E-state index in [2.05, 4.69) is 41.8 Å². The Morgan fingerprint density at radius 3 is 2.52 bits per heavy atom. The first-order valence-electron chi connectivity index (χ1n) is 17.1. The van der Waals surface area contributed by atoms with Crippen molar-refractivity contribution in [1.82, 2.24) is 25.1 Å².